The molecule has 1 atom stereocenters. The van der Waals surface area contributed by atoms with Gasteiger partial charge in [-0.25, -0.2) is 0 Å². The molecule has 62 valence electrons. The van der Waals surface area contributed by atoms with Crippen LogP contribution in [-0.2, 0) is 4.79 Å². The maximum Gasteiger partial charge on any atom is 0.0765 e. The van der Waals surface area contributed by atoms with Gasteiger partial charge in [0.05, 0.1) is 6.54 Å². The predicted molar refractivity (Wildman–Crippen MR) is 37.9 cm³/mol. The molecule has 0 spiro atoms. The van der Waals surface area contributed by atoms with Crippen LogP contribution in [0.25, 0.3) is 0 Å². The standard InChI is InChI=1S/C5H13N.C2H4O2/c1-3-5(2)4-6;1-2(3)4/h5H,3-4,6H2,1-2H3;1H3,(H,3,4). The van der Waals surface area contributed by atoms with E-state index in [9.17, 15) is 0 Å². The van der Waals surface area contributed by atoms with Crippen molar-refractivity contribution in [1.82, 2.24) is 0 Å². The third kappa shape index (κ3) is 26.1. The molecule has 3 nitrogen and oxygen atoms in total. The van der Waals surface area contributed by atoms with E-state index < -0.39 is 5.97 Å². The van der Waals surface area contributed by atoms with Gasteiger partial charge in [0, 0.05) is 11.9 Å². The van der Waals surface area contributed by atoms with E-state index in [0.29, 0.717) is 0 Å². The Kier molecular flexibility index (Phi) is 10.2. The first kappa shape index (κ1) is 12.1. The number of carbonyl (C=O) groups excluding carboxylic acids is 1. The van der Waals surface area contributed by atoms with Crippen LogP contribution >= 0.6 is 0 Å². The molecule has 0 fully saturated rings. The van der Waals surface area contributed by atoms with Gasteiger partial charge in [-0.15, -0.1) is 0 Å². The van der Waals surface area contributed by atoms with Gasteiger partial charge in [0.15, 0.2) is 0 Å². The average molecular weight is 147 g/mol. The minimum Gasteiger partial charge on any atom is -0.550 e. The highest BCUT2D eigenvalue weighted by atomic mass is 16.4. The molecular weight excluding hydrogens is 130 g/mol. The Bertz CT molecular complexity index is 75.7. The number of carboxylic acid groups (broad SMARTS) is 1. The zero-order valence-corrected chi connectivity index (χ0v) is 7.02. The molecule has 3 heteroatoms. The largest absolute Gasteiger partial charge is 0.550 e. The fourth-order valence-electron chi connectivity index (χ4n) is 0.204. The van der Waals surface area contributed by atoms with Crippen molar-refractivity contribution in [3.8, 4) is 0 Å². The number of carboxylic acids is 1. The molecule has 3 N–H and O–H groups in total. The zero-order chi connectivity index (χ0) is 8.57. The van der Waals surface area contributed by atoms with Gasteiger partial charge >= 0.3 is 0 Å². The number of hydrogen-bond acceptors (Lipinski definition) is 2. The molecule has 0 radical (unpaired) electrons. The quantitative estimate of drug-likeness (QED) is 0.546. The summed E-state index contributed by atoms with van der Waals surface area (Å²) in [6.07, 6.45) is 1.27. The van der Waals surface area contributed by atoms with Crippen LogP contribution in [0.3, 0.4) is 0 Å². The van der Waals surface area contributed by atoms with Crippen LogP contribution in [0, 0.1) is 5.92 Å². The van der Waals surface area contributed by atoms with E-state index in [0.717, 1.165) is 19.4 Å². The van der Waals surface area contributed by atoms with Crippen LogP contribution in [-0.4, -0.2) is 12.5 Å². The van der Waals surface area contributed by atoms with Gasteiger partial charge in [-0.1, -0.05) is 13.8 Å². The van der Waals surface area contributed by atoms with Crippen molar-refractivity contribution in [1.29, 1.82) is 0 Å². The summed E-state index contributed by atoms with van der Waals surface area (Å²) in [6.45, 7) is 6.46. The number of carbonyl (C=O) groups is 1. The minimum atomic E-state index is -1.08. The predicted octanol–water partition coefficient (Wildman–Crippen LogP) is -0.969. The third-order valence-corrected chi connectivity index (χ3v) is 1.19. The molecule has 0 aromatic carbocycles. The molecule has 0 aromatic heterocycles. The maximum atomic E-state index is 8.89. The highest BCUT2D eigenvalue weighted by Crippen LogP contribution is 1.92. The van der Waals surface area contributed by atoms with Crippen molar-refractivity contribution in [2.24, 2.45) is 5.92 Å². The summed E-state index contributed by atoms with van der Waals surface area (Å²) in [5.41, 5.74) is 3.76. The molecule has 0 aliphatic carbocycles. The van der Waals surface area contributed by atoms with E-state index in [1.165, 1.54) is 6.42 Å². The first-order chi connectivity index (χ1) is 4.54. The maximum absolute atomic E-state index is 8.89. The van der Waals surface area contributed by atoms with Crippen molar-refractivity contribution in [2.45, 2.75) is 27.2 Å². The van der Waals surface area contributed by atoms with Gasteiger partial charge in [0.1, 0.15) is 0 Å². The Labute approximate surface area is 62.2 Å². The van der Waals surface area contributed by atoms with E-state index in [1.54, 1.807) is 0 Å². The normalized spacial score (nSPS) is 11.2. The smallest absolute Gasteiger partial charge is 0.0765 e. The zero-order valence-electron chi connectivity index (χ0n) is 7.02. The van der Waals surface area contributed by atoms with Crippen LogP contribution in [0.4, 0.5) is 0 Å². The summed E-state index contributed by atoms with van der Waals surface area (Å²) in [7, 11) is 0. The highest BCUT2D eigenvalue weighted by Gasteiger charge is 1.92. The van der Waals surface area contributed by atoms with Gasteiger partial charge in [-0.05, 0) is 13.3 Å². The molecule has 0 aliphatic heterocycles. The Hall–Kier alpha value is -0.570. The molecule has 0 heterocycles. The van der Waals surface area contributed by atoms with E-state index in [2.05, 4.69) is 19.6 Å². The van der Waals surface area contributed by atoms with Gasteiger partial charge in [-0.3, -0.25) is 0 Å². The van der Waals surface area contributed by atoms with Crippen LogP contribution in [0.1, 0.15) is 27.2 Å². The van der Waals surface area contributed by atoms with Crippen LogP contribution in [0.2, 0.25) is 0 Å². The molecule has 0 aromatic rings. The molecule has 0 rings (SSSR count). The first-order valence-corrected chi connectivity index (χ1v) is 3.51. The summed E-state index contributed by atoms with van der Waals surface area (Å²) < 4.78 is 0. The fourth-order valence-corrected chi connectivity index (χ4v) is 0.204. The second kappa shape index (κ2) is 8.43. The molecular formula is C7H17NO2. The molecule has 0 amide bonds. The lowest BCUT2D eigenvalue weighted by atomic mass is 10.1. The van der Waals surface area contributed by atoms with E-state index >= 15 is 0 Å². The molecule has 0 bridgehead atoms. The van der Waals surface area contributed by atoms with Crippen LogP contribution in [0.5, 0.6) is 0 Å². The average Bonchev–Trinajstić information content (AvgIpc) is 1.85. The van der Waals surface area contributed by atoms with Crippen LogP contribution < -0.4 is 10.8 Å². The van der Waals surface area contributed by atoms with Crippen molar-refractivity contribution in [3.05, 3.63) is 0 Å². The summed E-state index contributed by atoms with van der Waals surface area (Å²) >= 11 is 0. The van der Waals surface area contributed by atoms with Gasteiger partial charge in [0.2, 0.25) is 0 Å². The van der Waals surface area contributed by atoms with Crippen molar-refractivity contribution in [2.75, 3.05) is 6.54 Å². The topological polar surface area (TPSA) is 67.8 Å². The second-order valence-electron chi connectivity index (χ2n) is 2.29. The number of quaternary nitrogens is 1. The SMILES string of the molecule is CC(=O)[O-].CCC(C)C[NH3+]. The lowest BCUT2D eigenvalue weighted by molar-refractivity contribution is -0.378. The number of aliphatic carboxylic acids is 1. The second-order valence-corrected chi connectivity index (χ2v) is 2.29. The minimum absolute atomic E-state index is 0.824. The number of hydrogen-bond donors (Lipinski definition) is 1. The third-order valence-electron chi connectivity index (χ3n) is 1.19. The number of rotatable bonds is 2. The van der Waals surface area contributed by atoms with E-state index in [1.807, 2.05) is 0 Å². The van der Waals surface area contributed by atoms with Gasteiger partial charge < -0.3 is 15.6 Å². The monoisotopic (exact) mass is 147 g/mol. The molecule has 10 heavy (non-hydrogen) atoms. The summed E-state index contributed by atoms with van der Waals surface area (Å²) in [6, 6.07) is 0. The Morgan fingerprint density at radius 3 is 2.00 bits per heavy atom. The highest BCUT2D eigenvalue weighted by molar-refractivity contribution is 5.60. The lowest BCUT2D eigenvalue weighted by Crippen LogP contribution is -2.52. The summed E-state index contributed by atoms with van der Waals surface area (Å²) in [4.78, 5) is 8.89. The van der Waals surface area contributed by atoms with E-state index in [4.69, 9.17) is 9.90 Å². The van der Waals surface area contributed by atoms with E-state index in [-0.39, 0.29) is 0 Å². The fraction of sp³-hybridized carbons (Fsp3) is 0.857. The molecule has 1 unspecified atom stereocenters. The Morgan fingerprint density at radius 1 is 1.70 bits per heavy atom. The summed E-state index contributed by atoms with van der Waals surface area (Å²) in [5.74, 6) is -0.259. The molecule has 0 saturated heterocycles. The van der Waals surface area contributed by atoms with Gasteiger partial charge in [-0.2, -0.15) is 0 Å². The van der Waals surface area contributed by atoms with Crippen molar-refractivity contribution < 1.29 is 15.6 Å². The van der Waals surface area contributed by atoms with Crippen LogP contribution in [0.15, 0.2) is 0 Å². The van der Waals surface area contributed by atoms with Crippen molar-refractivity contribution >= 4 is 5.97 Å². The Morgan fingerprint density at radius 2 is 2.00 bits per heavy atom. The molecule has 0 aliphatic rings. The summed E-state index contributed by atoms with van der Waals surface area (Å²) in [5, 5.41) is 8.89. The molecule has 0 saturated carbocycles. The Balaban J connectivity index is 0. The van der Waals surface area contributed by atoms with Gasteiger partial charge in [0.25, 0.3) is 0 Å². The first-order valence-electron chi connectivity index (χ1n) is 3.51. The van der Waals surface area contributed by atoms with Crippen molar-refractivity contribution in [3.63, 3.8) is 0 Å². The lowest BCUT2D eigenvalue weighted by Gasteiger charge is -1.96.